The Balaban J connectivity index is 2.56. The molecule has 0 spiro atoms. The summed E-state index contributed by atoms with van der Waals surface area (Å²) < 4.78 is 0.815. The molecule has 3 nitrogen and oxygen atoms in total. The molecule has 2 aromatic rings. The molecule has 1 aromatic carbocycles. The predicted octanol–water partition coefficient (Wildman–Crippen LogP) is 4.44. The first-order valence-corrected chi connectivity index (χ1v) is 7.05. The summed E-state index contributed by atoms with van der Waals surface area (Å²) in [5, 5.41) is 0.656. The SMILES string of the molecule is CC(C)(C)c1cc(N)nc(-c2ccc(Cl)c(Br)c2)n1. The van der Waals surface area contributed by atoms with E-state index < -0.39 is 0 Å². The van der Waals surface area contributed by atoms with Crippen molar-refractivity contribution in [2.45, 2.75) is 26.2 Å². The van der Waals surface area contributed by atoms with Gasteiger partial charge in [-0.25, -0.2) is 9.97 Å². The molecule has 0 unspecified atom stereocenters. The van der Waals surface area contributed by atoms with Crippen LogP contribution in [0, 0.1) is 0 Å². The van der Waals surface area contributed by atoms with Crippen LogP contribution in [0.3, 0.4) is 0 Å². The number of hydrogen-bond acceptors (Lipinski definition) is 3. The summed E-state index contributed by atoms with van der Waals surface area (Å²) in [6.07, 6.45) is 0. The fourth-order valence-corrected chi connectivity index (χ4v) is 2.11. The highest BCUT2D eigenvalue weighted by Gasteiger charge is 2.18. The molecule has 5 heteroatoms. The van der Waals surface area contributed by atoms with E-state index in [1.807, 2.05) is 24.3 Å². The van der Waals surface area contributed by atoms with Crippen LogP contribution in [0.25, 0.3) is 11.4 Å². The summed E-state index contributed by atoms with van der Waals surface area (Å²) in [6, 6.07) is 7.40. The predicted molar refractivity (Wildman–Crippen MR) is 83.3 cm³/mol. The number of aromatic nitrogens is 2. The fraction of sp³-hybridized carbons (Fsp3) is 0.286. The quantitative estimate of drug-likeness (QED) is 0.835. The van der Waals surface area contributed by atoms with Gasteiger partial charge in [0.05, 0.1) is 10.7 Å². The summed E-state index contributed by atoms with van der Waals surface area (Å²) in [4.78, 5) is 8.88. The highest BCUT2D eigenvalue weighted by atomic mass is 79.9. The van der Waals surface area contributed by atoms with E-state index in [1.165, 1.54) is 0 Å². The van der Waals surface area contributed by atoms with Crippen molar-refractivity contribution >= 4 is 33.3 Å². The fourth-order valence-electron chi connectivity index (χ4n) is 1.61. The molecule has 2 rings (SSSR count). The van der Waals surface area contributed by atoms with Crippen molar-refractivity contribution in [3.05, 3.63) is 39.5 Å². The Morgan fingerprint density at radius 3 is 2.42 bits per heavy atom. The van der Waals surface area contributed by atoms with Crippen molar-refractivity contribution in [2.24, 2.45) is 0 Å². The molecule has 0 atom stereocenters. The van der Waals surface area contributed by atoms with Crippen molar-refractivity contribution in [1.29, 1.82) is 0 Å². The van der Waals surface area contributed by atoms with E-state index in [1.54, 1.807) is 0 Å². The molecule has 1 heterocycles. The van der Waals surface area contributed by atoms with Gasteiger partial charge in [0, 0.05) is 21.5 Å². The Labute approximate surface area is 126 Å². The average Bonchev–Trinajstić information content (AvgIpc) is 2.31. The maximum atomic E-state index is 5.99. The second-order valence-corrected chi connectivity index (χ2v) is 6.64. The van der Waals surface area contributed by atoms with E-state index in [9.17, 15) is 0 Å². The third kappa shape index (κ3) is 3.25. The van der Waals surface area contributed by atoms with Gasteiger partial charge in [-0.3, -0.25) is 0 Å². The Bertz CT molecular complexity index is 621. The molecule has 100 valence electrons. The standard InChI is InChI=1S/C14H15BrClN3/c1-14(2,3)11-7-12(17)19-13(18-11)8-4-5-10(16)9(15)6-8/h4-7H,1-3H3,(H2,17,18,19). The zero-order valence-electron chi connectivity index (χ0n) is 11.0. The Morgan fingerprint density at radius 1 is 1.16 bits per heavy atom. The molecule has 19 heavy (non-hydrogen) atoms. The van der Waals surface area contributed by atoms with Crippen molar-refractivity contribution in [1.82, 2.24) is 9.97 Å². The third-order valence-corrected chi connectivity index (χ3v) is 3.91. The minimum absolute atomic E-state index is 0.0739. The zero-order chi connectivity index (χ0) is 14.2. The van der Waals surface area contributed by atoms with Gasteiger partial charge in [-0.1, -0.05) is 32.4 Å². The van der Waals surface area contributed by atoms with E-state index in [0.717, 1.165) is 15.7 Å². The third-order valence-electron chi connectivity index (χ3n) is 2.69. The van der Waals surface area contributed by atoms with E-state index in [4.69, 9.17) is 17.3 Å². The van der Waals surface area contributed by atoms with Gasteiger partial charge in [0.1, 0.15) is 5.82 Å². The van der Waals surface area contributed by atoms with Crippen molar-refractivity contribution < 1.29 is 0 Å². The summed E-state index contributed by atoms with van der Waals surface area (Å²) in [6.45, 7) is 6.28. The molecule has 0 aliphatic rings. The van der Waals surface area contributed by atoms with Gasteiger partial charge in [-0.2, -0.15) is 0 Å². The van der Waals surface area contributed by atoms with E-state index in [-0.39, 0.29) is 5.41 Å². The van der Waals surface area contributed by atoms with Gasteiger partial charge in [-0.15, -0.1) is 0 Å². The molecule has 0 saturated heterocycles. The molecule has 1 aromatic heterocycles. The summed E-state index contributed by atoms with van der Waals surface area (Å²) >= 11 is 9.39. The van der Waals surface area contributed by atoms with Crippen molar-refractivity contribution in [2.75, 3.05) is 5.73 Å². The summed E-state index contributed by atoms with van der Waals surface area (Å²) in [5.74, 6) is 1.09. The van der Waals surface area contributed by atoms with E-state index in [2.05, 4.69) is 46.7 Å². The highest BCUT2D eigenvalue weighted by molar-refractivity contribution is 9.10. The number of hydrogen-bond donors (Lipinski definition) is 1. The number of nitrogens with two attached hydrogens (primary N) is 1. The lowest BCUT2D eigenvalue weighted by atomic mass is 9.92. The normalized spacial score (nSPS) is 11.6. The average molecular weight is 341 g/mol. The maximum Gasteiger partial charge on any atom is 0.161 e. The number of anilines is 1. The first-order chi connectivity index (χ1) is 8.77. The largest absolute Gasteiger partial charge is 0.384 e. The van der Waals surface area contributed by atoms with Crippen LogP contribution >= 0.6 is 27.5 Å². The van der Waals surface area contributed by atoms with E-state index >= 15 is 0 Å². The smallest absolute Gasteiger partial charge is 0.161 e. The second-order valence-electron chi connectivity index (χ2n) is 5.38. The molecule has 0 aliphatic heterocycles. The van der Waals surface area contributed by atoms with Gasteiger partial charge in [0.15, 0.2) is 5.82 Å². The first-order valence-electron chi connectivity index (χ1n) is 5.88. The number of rotatable bonds is 1. The monoisotopic (exact) mass is 339 g/mol. The molecule has 0 saturated carbocycles. The second kappa shape index (κ2) is 5.10. The molecule has 0 bridgehead atoms. The summed E-state index contributed by atoms with van der Waals surface area (Å²) in [7, 11) is 0. The number of nitrogen functional groups attached to an aromatic ring is 1. The molecule has 0 aliphatic carbocycles. The number of nitrogens with zero attached hydrogens (tertiary/aromatic N) is 2. The van der Waals surface area contributed by atoms with Crippen LogP contribution in [0.15, 0.2) is 28.7 Å². The van der Waals surface area contributed by atoms with Crippen LogP contribution in [-0.4, -0.2) is 9.97 Å². The minimum Gasteiger partial charge on any atom is -0.384 e. The van der Waals surface area contributed by atoms with Crippen LogP contribution in [0.1, 0.15) is 26.5 Å². The Kier molecular flexibility index (Phi) is 3.83. The van der Waals surface area contributed by atoms with E-state index in [0.29, 0.717) is 16.7 Å². The minimum atomic E-state index is -0.0739. The lowest BCUT2D eigenvalue weighted by molar-refractivity contribution is 0.568. The van der Waals surface area contributed by atoms with Gasteiger partial charge in [0.2, 0.25) is 0 Å². The molecular formula is C14H15BrClN3. The lowest BCUT2D eigenvalue weighted by Gasteiger charge is -2.18. The first kappa shape index (κ1) is 14.3. The topological polar surface area (TPSA) is 51.8 Å². The Morgan fingerprint density at radius 2 is 1.84 bits per heavy atom. The van der Waals surface area contributed by atoms with Crippen LogP contribution < -0.4 is 5.73 Å². The molecular weight excluding hydrogens is 326 g/mol. The zero-order valence-corrected chi connectivity index (χ0v) is 13.4. The van der Waals surface area contributed by atoms with Crippen LogP contribution in [-0.2, 0) is 5.41 Å². The van der Waals surface area contributed by atoms with Crippen LogP contribution in [0.2, 0.25) is 5.02 Å². The lowest BCUT2D eigenvalue weighted by Crippen LogP contribution is -2.15. The van der Waals surface area contributed by atoms with Gasteiger partial charge >= 0.3 is 0 Å². The molecule has 0 radical (unpaired) electrons. The number of halogens is 2. The molecule has 0 amide bonds. The molecule has 0 fully saturated rings. The van der Waals surface area contributed by atoms with Crippen molar-refractivity contribution in [3.63, 3.8) is 0 Å². The van der Waals surface area contributed by atoms with Gasteiger partial charge < -0.3 is 5.73 Å². The van der Waals surface area contributed by atoms with Crippen LogP contribution in [0.5, 0.6) is 0 Å². The highest BCUT2D eigenvalue weighted by Crippen LogP contribution is 2.29. The maximum absolute atomic E-state index is 5.99. The van der Waals surface area contributed by atoms with Gasteiger partial charge in [-0.05, 0) is 34.1 Å². The van der Waals surface area contributed by atoms with Crippen LogP contribution in [0.4, 0.5) is 5.82 Å². The Hall–Kier alpha value is -1.13. The summed E-state index contributed by atoms with van der Waals surface area (Å²) in [5.41, 5.74) is 7.60. The molecule has 2 N–H and O–H groups in total. The van der Waals surface area contributed by atoms with Crippen molar-refractivity contribution in [3.8, 4) is 11.4 Å². The number of benzene rings is 1. The van der Waals surface area contributed by atoms with Gasteiger partial charge in [0.25, 0.3) is 0 Å².